The Kier molecular flexibility index (Phi) is 4.23. The number of benzene rings is 1. The van der Waals surface area contributed by atoms with Gasteiger partial charge in [-0.25, -0.2) is 4.39 Å². The van der Waals surface area contributed by atoms with Gasteiger partial charge < -0.3 is 9.55 Å². The summed E-state index contributed by atoms with van der Waals surface area (Å²) in [7, 11) is 0. The monoisotopic (exact) mass is 370 g/mol. The third-order valence-electron chi connectivity index (χ3n) is 4.73. The summed E-state index contributed by atoms with van der Waals surface area (Å²) in [4.78, 5) is 3.17. The summed E-state index contributed by atoms with van der Waals surface area (Å²) in [5.41, 5.74) is 1.79. The molecule has 1 aromatic carbocycles. The number of halogens is 2. The van der Waals surface area contributed by atoms with Crippen LogP contribution in [0.1, 0.15) is 45.6 Å². The van der Waals surface area contributed by atoms with Crippen LogP contribution in [-0.4, -0.2) is 9.55 Å². The Morgan fingerprint density at radius 2 is 2.05 bits per heavy atom. The molecule has 1 saturated carbocycles. The minimum atomic E-state index is -0.255. The maximum absolute atomic E-state index is 13.7. The first-order valence-electron chi connectivity index (χ1n) is 7.58. The van der Waals surface area contributed by atoms with Crippen molar-refractivity contribution in [1.82, 2.24) is 9.55 Å². The minimum absolute atomic E-state index is 0.255. The Morgan fingerprint density at radius 1 is 1.33 bits per heavy atom. The van der Waals surface area contributed by atoms with Crippen LogP contribution in [0.4, 0.5) is 4.39 Å². The largest absolute Gasteiger partial charge is 0.330 e. The summed E-state index contributed by atoms with van der Waals surface area (Å²) < 4.78 is 17.2. The maximum atomic E-state index is 13.7. The van der Waals surface area contributed by atoms with Gasteiger partial charge in [0.1, 0.15) is 5.82 Å². The van der Waals surface area contributed by atoms with E-state index in [4.69, 9.17) is 12.2 Å². The Morgan fingerprint density at radius 3 is 2.76 bits per heavy atom. The van der Waals surface area contributed by atoms with Gasteiger partial charge >= 0.3 is 0 Å². The number of hydrogen-bond donors (Lipinski definition) is 1. The molecule has 2 unspecified atom stereocenters. The van der Waals surface area contributed by atoms with Gasteiger partial charge in [0.05, 0.1) is 15.5 Å². The Bertz CT molecular complexity index is 719. The molecule has 0 saturated heterocycles. The first-order chi connectivity index (χ1) is 9.99. The fourth-order valence-electron chi connectivity index (χ4n) is 3.69. The molecular formula is C16H20BrFN2S. The Hall–Kier alpha value is -0.680. The molecule has 0 radical (unpaired) electrons. The molecule has 1 aliphatic rings. The second-order valence-electron chi connectivity index (χ2n) is 6.34. The van der Waals surface area contributed by atoms with Crippen molar-refractivity contribution in [3.05, 3.63) is 27.2 Å². The molecule has 5 heteroatoms. The van der Waals surface area contributed by atoms with Crippen LogP contribution in [0.2, 0.25) is 0 Å². The molecule has 1 N–H and O–H groups in total. The number of rotatable bonds is 2. The number of nitrogens with zero attached hydrogens (tertiary/aromatic N) is 1. The highest BCUT2D eigenvalue weighted by Crippen LogP contribution is 2.40. The number of H-pyrrole nitrogens is 1. The zero-order chi connectivity index (χ0) is 15.1. The highest BCUT2D eigenvalue weighted by atomic mass is 79.9. The lowest BCUT2D eigenvalue weighted by Gasteiger charge is -2.35. The first kappa shape index (κ1) is 15.2. The van der Waals surface area contributed by atoms with E-state index < -0.39 is 0 Å². The van der Waals surface area contributed by atoms with Gasteiger partial charge in [0.25, 0.3) is 0 Å². The molecule has 0 aliphatic heterocycles. The molecule has 2 atom stereocenters. The average Bonchev–Trinajstić information content (AvgIpc) is 2.74. The lowest BCUT2D eigenvalue weighted by molar-refractivity contribution is 0.186. The van der Waals surface area contributed by atoms with Crippen molar-refractivity contribution >= 4 is 39.2 Å². The average molecular weight is 371 g/mol. The van der Waals surface area contributed by atoms with Crippen molar-refractivity contribution in [3.8, 4) is 0 Å². The third-order valence-corrected chi connectivity index (χ3v) is 5.63. The molecule has 1 aliphatic carbocycles. The van der Waals surface area contributed by atoms with Crippen molar-refractivity contribution in [1.29, 1.82) is 0 Å². The van der Waals surface area contributed by atoms with Gasteiger partial charge in [0.2, 0.25) is 0 Å². The second-order valence-corrected chi connectivity index (χ2v) is 7.58. The van der Waals surface area contributed by atoms with Crippen LogP contribution < -0.4 is 0 Å². The van der Waals surface area contributed by atoms with Gasteiger partial charge in [-0.15, -0.1) is 0 Å². The lowest BCUT2D eigenvalue weighted by atomic mass is 9.77. The number of aromatic nitrogens is 2. The van der Waals surface area contributed by atoms with E-state index in [1.54, 1.807) is 0 Å². The fourth-order valence-corrected chi connectivity index (χ4v) is 4.36. The van der Waals surface area contributed by atoms with E-state index in [9.17, 15) is 4.39 Å². The van der Waals surface area contributed by atoms with E-state index in [-0.39, 0.29) is 5.82 Å². The summed E-state index contributed by atoms with van der Waals surface area (Å²) in [5, 5.41) is 0. The molecule has 0 amide bonds. The van der Waals surface area contributed by atoms with Gasteiger partial charge in [-0.05, 0) is 58.9 Å². The van der Waals surface area contributed by atoms with Gasteiger partial charge in [-0.1, -0.05) is 26.7 Å². The van der Waals surface area contributed by atoms with E-state index in [0.717, 1.165) is 17.5 Å². The summed E-state index contributed by atoms with van der Waals surface area (Å²) in [6, 6.07) is 3.79. The summed E-state index contributed by atoms with van der Waals surface area (Å²) in [5.74, 6) is 1.01. The van der Waals surface area contributed by atoms with Crippen LogP contribution in [-0.2, 0) is 0 Å². The molecule has 1 heterocycles. The summed E-state index contributed by atoms with van der Waals surface area (Å²) in [6.07, 6.45) is 4.94. The zero-order valence-corrected chi connectivity index (χ0v) is 14.7. The van der Waals surface area contributed by atoms with Crippen LogP contribution in [0, 0.1) is 22.4 Å². The fraction of sp³-hybridized carbons (Fsp3) is 0.562. The number of hydrogen-bond acceptors (Lipinski definition) is 1. The molecule has 1 aromatic heterocycles. The van der Waals surface area contributed by atoms with E-state index in [1.807, 2.05) is 6.07 Å². The van der Waals surface area contributed by atoms with E-state index in [1.165, 1.54) is 25.3 Å². The number of imidazole rings is 1. The molecule has 0 bridgehead atoms. The quantitative estimate of drug-likeness (QED) is 0.644. The van der Waals surface area contributed by atoms with Crippen LogP contribution in [0.15, 0.2) is 16.6 Å². The van der Waals surface area contributed by atoms with Crippen LogP contribution >= 0.6 is 28.1 Å². The van der Waals surface area contributed by atoms with Crippen LogP contribution in [0.5, 0.6) is 0 Å². The molecule has 1 fully saturated rings. The predicted molar refractivity (Wildman–Crippen MR) is 90.6 cm³/mol. The summed E-state index contributed by atoms with van der Waals surface area (Å²) >= 11 is 8.82. The van der Waals surface area contributed by atoms with Crippen molar-refractivity contribution in [2.45, 2.75) is 45.6 Å². The van der Waals surface area contributed by atoms with Crippen molar-refractivity contribution in [2.75, 3.05) is 0 Å². The topological polar surface area (TPSA) is 20.7 Å². The second kappa shape index (κ2) is 5.84. The highest BCUT2D eigenvalue weighted by Gasteiger charge is 2.30. The maximum Gasteiger partial charge on any atom is 0.178 e. The van der Waals surface area contributed by atoms with Crippen molar-refractivity contribution in [3.63, 3.8) is 0 Å². The van der Waals surface area contributed by atoms with Crippen LogP contribution in [0.25, 0.3) is 11.0 Å². The summed E-state index contributed by atoms with van der Waals surface area (Å²) in [6.45, 7) is 4.58. The molecule has 3 rings (SSSR count). The molecule has 21 heavy (non-hydrogen) atoms. The standard InChI is InChI=1S/C16H20BrFN2S/c1-9(2)10-5-3-4-6-14(10)20-15-7-11(17)12(18)8-13(15)19-16(20)21/h7-10,14H,3-6H2,1-2H3,(H,19,21). The third kappa shape index (κ3) is 2.70. The zero-order valence-electron chi connectivity index (χ0n) is 12.3. The number of fused-ring (bicyclic) bond motifs is 1. The Balaban J connectivity index is 2.16. The van der Waals surface area contributed by atoms with Gasteiger partial charge in [0, 0.05) is 12.1 Å². The van der Waals surface area contributed by atoms with Crippen molar-refractivity contribution in [2.24, 2.45) is 11.8 Å². The smallest absolute Gasteiger partial charge is 0.178 e. The van der Waals surface area contributed by atoms with E-state index in [2.05, 4.69) is 39.3 Å². The molecular weight excluding hydrogens is 351 g/mol. The highest BCUT2D eigenvalue weighted by molar-refractivity contribution is 9.10. The van der Waals surface area contributed by atoms with Gasteiger partial charge in [-0.3, -0.25) is 0 Å². The van der Waals surface area contributed by atoms with E-state index >= 15 is 0 Å². The number of aromatic amines is 1. The van der Waals surface area contributed by atoms with Gasteiger partial charge in [0.15, 0.2) is 4.77 Å². The lowest BCUT2D eigenvalue weighted by Crippen LogP contribution is -2.27. The first-order valence-corrected chi connectivity index (χ1v) is 8.78. The Labute approximate surface area is 137 Å². The minimum Gasteiger partial charge on any atom is -0.330 e. The molecule has 2 nitrogen and oxygen atoms in total. The number of nitrogens with one attached hydrogen (secondary N) is 1. The molecule has 0 spiro atoms. The molecule has 114 valence electrons. The molecule has 2 aromatic rings. The van der Waals surface area contributed by atoms with Crippen LogP contribution in [0.3, 0.4) is 0 Å². The van der Waals surface area contributed by atoms with E-state index in [0.29, 0.717) is 27.1 Å². The van der Waals surface area contributed by atoms with Gasteiger partial charge in [-0.2, -0.15) is 0 Å². The predicted octanol–water partition coefficient (Wildman–Crippen LogP) is 5.99. The normalized spacial score (nSPS) is 23.1. The SMILES string of the molecule is CC(C)C1CCCCC1n1c(=S)[nH]c2cc(F)c(Br)cc21. The van der Waals surface area contributed by atoms with Crippen molar-refractivity contribution < 1.29 is 4.39 Å².